The Kier molecular flexibility index (Phi) is 18.5. The van der Waals surface area contributed by atoms with Gasteiger partial charge in [-0.25, -0.2) is 0 Å². The standard InChI is InChI=1S/2C2H4O2.Ru/c2*1-2(3)4;/h2*1H3,(H,3,4);/q;;+2/p-2. The molecule has 9 heavy (non-hydrogen) atoms. The van der Waals surface area contributed by atoms with Crippen LogP contribution in [0.1, 0.15) is 13.8 Å². The van der Waals surface area contributed by atoms with Gasteiger partial charge in [-0.15, -0.1) is 0 Å². The second kappa shape index (κ2) is 10.5. The van der Waals surface area contributed by atoms with E-state index in [1.54, 1.807) is 0 Å². The van der Waals surface area contributed by atoms with Crippen LogP contribution in [0.2, 0.25) is 0 Å². The zero-order valence-electron chi connectivity index (χ0n) is 4.99. The van der Waals surface area contributed by atoms with Crippen molar-refractivity contribution in [2.75, 3.05) is 0 Å². The maximum absolute atomic E-state index is 8.89. The van der Waals surface area contributed by atoms with Gasteiger partial charge in [-0.05, 0) is 13.8 Å². The van der Waals surface area contributed by atoms with E-state index in [-0.39, 0.29) is 19.5 Å². The van der Waals surface area contributed by atoms with Crippen LogP contribution in [0.25, 0.3) is 0 Å². The minimum absolute atomic E-state index is 0. The zero-order valence-corrected chi connectivity index (χ0v) is 6.72. The molecule has 0 N–H and O–H groups in total. The number of aliphatic carboxylic acids is 2. The van der Waals surface area contributed by atoms with Crippen LogP contribution < -0.4 is 10.2 Å². The van der Waals surface area contributed by atoms with Gasteiger partial charge in [0.05, 0.1) is 0 Å². The van der Waals surface area contributed by atoms with Crippen molar-refractivity contribution in [2.24, 2.45) is 0 Å². The van der Waals surface area contributed by atoms with E-state index in [9.17, 15) is 0 Å². The molecule has 0 aromatic carbocycles. The summed E-state index contributed by atoms with van der Waals surface area (Å²) < 4.78 is 0. The Hall–Kier alpha value is -0.437. The Bertz CT molecular complexity index is 70.6. The summed E-state index contributed by atoms with van der Waals surface area (Å²) in [6.45, 7) is 1.94. The zero-order chi connectivity index (χ0) is 7.15. The number of carbonyl (C=O) groups excluding carboxylic acids is 2. The van der Waals surface area contributed by atoms with Gasteiger partial charge in [0, 0.05) is 11.9 Å². The third-order valence-electron chi connectivity index (χ3n) is 0. The van der Waals surface area contributed by atoms with E-state index >= 15 is 0 Å². The molecule has 5 heteroatoms. The predicted molar refractivity (Wildman–Crippen MR) is 21.4 cm³/mol. The number of carbonyl (C=O) groups is 2. The van der Waals surface area contributed by atoms with Crippen LogP contribution in [0, 0.1) is 0 Å². The second-order valence-corrected chi connectivity index (χ2v) is 0.983. The van der Waals surface area contributed by atoms with Gasteiger partial charge >= 0.3 is 19.5 Å². The van der Waals surface area contributed by atoms with E-state index in [4.69, 9.17) is 19.8 Å². The van der Waals surface area contributed by atoms with Gasteiger partial charge in [-0.1, -0.05) is 0 Å². The Morgan fingerprint density at radius 1 is 1.00 bits per heavy atom. The molecule has 4 nitrogen and oxygen atoms in total. The molecule has 0 saturated carbocycles. The molecule has 0 radical (unpaired) electrons. The number of hydrogen-bond acceptors (Lipinski definition) is 4. The summed E-state index contributed by atoms with van der Waals surface area (Å²) in [4.78, 5) is 17.8. The van der Waals surface area contributed by atoms with E-state index < -0.39 is 11.9 Å². The normalized spacial score (nSPS) is 5.56. The Balaban J connectivity index is -0.0000000720. The number of carboxylic acid groups (broad SMARTS) is 2. The van der Waals surface area contributed by atoms with Crippen LogP contribution in [0.15, 0.2) is 0 Å². The summed E-state index contributed by atoms with van der Waals surface area (Å²) in [7, 11) is 0. The van der Waals surface area contributed by atoms with Crippen molar-refractivity contribution in [3.8, 4) is 0 Å². The third-order valence-corrected chi connectivity index (χ3v) is 0. The molecular weight excluding hydrogens is 213 g/mol. The van der Waals surface area contributed by atoms with Crippen LogP contribution in [-0.4, -0.2) is 11.9 Å². The van der Waals surface area contributed by atoms with Gasteiger partial charge in [-0.2, -0.15) is 0 Å². The van der Waals surface area contributed by atoms with E-state index in [0.29, 0.717) is 0 Å². The molecule has 0 unspecified atom stereocenters. The number of rotatable bonds is 0. The average molecular weight is 219 g/mol. The minimum atomic E-state index is -1.08. The van der Waals surface area contributed by atoms with Gasteiger partial charge < -0.3 is 19.8 Å². The molecule has 0 rings (SSSR count). The third kappa shape index (κ3) is 1230. The Morgan fingerprint density at radius 3 is 1.00 bits per heavy atom. The summed E-state index contributed by atoms with van der Waals surface area (Å²) in [5.74, 6) is -2.17. The predicted octanol–water partition coefficient (Wildman–Crippen LogP) is -2.49. The van der Waals surface area contributed by atoms with Crippen molar-refractivity contribution in [3.63, 3.8) is 0 Å². The monoisotopic (exact) mass is 220 g/mol. The first-order valence-corrected chi connectivity index (χ1v) is 1.82. The molecule has 0 aliphatic heterocycles. The van der Waals surface area contributed by atoms with Crippen molar-refractivity contribution in [1.82, 2.24) is 0 Å². The van der Waals surface area contributed by atoms with Gasteiger partial charge in [0.2, 0.25) is 0 Å². The molecule has 0 heterocycles. The minimum Gasteiger partial charge on any atom is -0.550 e. The van der Waals surface area contributed by atoms with Gasteiger partial charge in [0.25, 0.3) is 0 Å². The average Bonchev–Trinajstić information content (AvgIpc) is 1.25. The SMILES string of the molecule is CC(=O)[O-].CC(=O)[O-].[Ru+2]. The molecule has 0 fully saturated rings. The van der Waals surface area contributed by atoms with Crippen LogP contribution in [0.5, 0.6) is 0 Å². The smallest absolute Gasteiger partial charge is 0.550 e. The molecule has 0 aromatic heterocycles. The van der Waals surface area contributed by atoms with Crippen LogP contribution in [-0.2, 0) is 29.1 Å². The molecular formula is C4H6O4Ru. The molecule has 0 saturated heterocycles. The second-order valence-electron chi connectivity index (χ2n) is 0.983. The van der Waals surface area contributed by atoms with Crippen molar-refractivity contribution < 1.29 is 39.3 Å². The molecule has 54 valence electrons. The molecule has 0 bridgehead atoms. The number of hydrogen-bond donors (Lipinski definition) is 0. The van der Waals surface area contributed by atoms with Crippen molar-refractivity contribution in [2.45, 2.75) is 13.8 Å². The molecule has 0 aliphatic rings. The Labute approximate surface area is 65.6 Å². The quantitative estimate of drug-likeness (QED) is 0.422. The fraction of sp³-hybridized carbons (Fsp3) is 0.500. The van der Waals surface area contributed by atoms with Crippen molar-refractivity contribution in [3.05, 3.63) is 0 Å². The fourth-order valence-electron chi connectivity index (χ4n) is 0. The Morgan fingerprint density at radius 2 is 1.00 bits per heavy atom. The van der Waals surface area contributed by atoms with E-state index in [1.165, 1.54) is 0 Å². The first-order valence-electron chi connectivity index (χ1n) is 1.82. The van der Waals surface area contributed by atoms with Gasteiger partial charge in [0.1, 0.15) is 0 Å². The molecule has 0 amide bonds. The topological polar surface area (TPSA) is 80.3 Å². The van der Waals surface area contributed by atoms with Crippen LogP contribution in [0.4, 0.5) is 0 Å². The maximum Gasteiger partial charge on any atom is 2.00 e. The summed E-state index contributed by atoms with van der Waals surface area (Å²) in [6, 6.07) is 0. The summed E-state index contributed by atoms with van der Waals surface area (Å²) in [5.41, 5.74) is 0. The van der Waals surface area contributed by atoms with Crippen LogP contribution in [0.3, 0.4) is 0 Å². The summed E-state index contributed by atoms with van der Waals surface area (Å²) in [6.07, 6.45) is 0. The fourth-order valence-corrected chi connectivity index (χ4v) is 0. The van der Waals surface area contributed by atoms with E-state index in [1.807, 2.05) is 0 Å². The first-order chi connectivity index (χ1) is 3.46. The number of carboxylic acids is 2. The summed E-state index contributed by atoms with van der Waals surface area (Å²) >= 11 is 0. The molecule has 0 atom stereocenters. The first kappa shape index (κ1) is 15.8. The molecule has 0 aliphatic carbocycles. The van der Waals surface area contributed by atoms with E-state index in [0.717, 1.165) is 13.8 Å². The van der Waals surface area contributed by atoms with Crippen LogP contribution >= 0.6 is 0 Å². The van der Waals surface area contributed by atoms with E-state index in [2.05, 4.69) is 0 Å². The largest absolute Gasteiger partial charge is 2.00 e. The molecule has 0 aromatic rings. The van der Waals surface area contributed by atoms with Gasteiger partial charge in [0.15, 0.2) is 0 Å². The summed E-state index contributed by atoms with van der Waals surface area (Å²) in [5, 5.41) is 17.8. The molecule has 0 spiro atoms. The van der Waals surface area contributed by atoms with Crippen molar-refractivity contribution >= 4 is 11.9 Å². The van der Waals surface area contributed by atoms with Crippen molar-refractivity contribution in [1.29, 1.82) is 0 Å². The maximum atomic E-state index is 8.89. The van der Waals surface area contributed by atoms with Gasteiger partial charge in [-0.3, -0.25) is 0 Å².